The topological polar surface area (TPSA) is 67.9 Å². The summed E-state index contributed by atoms with van der Waals surface area (Å²) < 4.78 is 10.4. The molecule has 3 rings (SSSR count). The Kier molecular flexibility index (Phi) is 5.86. The number of amides is 2. The van der Waals surface area contributed by atoms with Gasteiger partial charge in [-0.2, -0.15) is 0 Å². The average Bonchev–Trinajstić information content (AvgIpc) is 3.04. The fourth-order valence-electron chi connectivity index (χ4n) is 3.09. The van der Waals surface area contributed by atoms with Crippen LogP contribution >= 0.6 is 11.6 Å². The van der Waals surface area contributed by atoms with Crippen LogP contribution in [0.4, 0.5) is 5.69 Å². The van der Waals surface area contributed by atoms with E-state index in [-0.39, 0.29) is 18.2 Å². The molecule has 0 bridgehead atoms. The Morgan fingerprint density at radius 2 is 1.93 bits per heavy atom. The highest BCUT2D eigenvalue weighted by atomic mass is 35.5. The minimum Gasteiger partial charge on any atom is -0.493 e. The molecule has 2 amide bonds. The molecule has 27 heavy (non-hydrogen) atoms. The first kappa shape index (κ1) is 19.0. The summed E-state index contributed by atoms with van der Waals surface area (Å²) >= 11 is 6.17. The summed E-state index contributed by atoms with van der Waals surface area (Å²) in [6.07, 6.45) is 0.184. The number of carbonyl (C=O) groups excluding carboxylic acids is 2. The van der Waals surface area contributed by atoms with Gasteiger partial charge < -0.3 is 19.7 Å². The molecule has 7 heteroatoms. The molecular formula is C20H21ClN2O4. The van der Waals surface area contributed by atoms with Crippen LogP contribution in [0.25, 0.3) is 0 Å². The number of anilines is 1. The van der Waals surface area contributed by atoms with E-state index in [9.17, 15) is 9.59 Å². The molecule has 0 radical (unpaired) electrons. The van der Waals surface area contributed by atoms with Gasteiger partial charge in [-0.15, -0.1) is 0 Å². The molecule has 142 valence electrons. The Morgan fingerprint density at radius 3 is 2.63 bits per heavy atom. The molecule has 6 nitrogen and oxygen atoms in total. The maximum atomic E-state index is 12.6. The smallest absolute Gasteiger partial charge is 0.229 e. The van der Waals surface area contributed by atoms with Gasteiger partial charge in [-0.25, -0.2) is 0 Å². The molecule has 2 aromatic rings. The standard InChI is InChI=1S/C20H21ClN2O4/c1-26-17-8-7-15(10-18(17)27-2)22-20(25)14-9-19(24)23(12-14)11-13-5-3-4-6-16(13)21/h3-8,10,14H,9,11-12H2,1-2H3,(H,22,25). The van der Waals surface area contributed by atoms with Gasteiger partial charge in [-0.05, 0) is 23.8 Å². The van der Waals surface area contributed by atoms with Crippen molar-refractivity contribution in [1.29, 1.82) is 0 Å². The van der Waals surface area contributed by atoms with Crippen molar-refractivity contribution in [3.63, 3.8) is 0 Å². The van der Waals surface area contributed by atoms with Crippen LogP contribution in [0.2, 0.25) is 5.02 Å². The lowest BCUT2D eigenvalue weighted by Gasteiger charge is -2.17. The highest BCUT2D eigenvalue weighted by molar-refractivity contribution is 6.31. The minimum absolute atomic E-state index is 0.0534. The first-order valence-electron chi connectivity index (χ1n) is 8.56. The number of hydrogen-bond donors (Lipinski definition) is 1. The van der Waals surface area contributed by atoms with Crippen molar-refractivity contribution in [3.8, 4) is 11.5 Å². The van der Waals surface area contributed by atoms with Gasteiger partial charge in [0.1, 0.15) is 0 Å². The number of nitrogens with zero attached hydrogens (tertiary/aromatic N) is 1. The molecule has 1 saturated heterocycles. The second kappa shape index (κ2) is 8.31. The number of carbonyl (C=O) groups is 2. The van der Waals surface area contributed by atoms with E-state index in [2.05, 4.69) is 5.32 Å². The maximum absolute atomic E-state index is 12.6. The largest absolute Gasteiger partial charge is 0.493 e. The Hall–Kier alpha value is -2.73. The van der Waals surface area contributed by atoms with Crippen LogP contribution in [0, 0.1) is 5.92 Å². The predicted molar refractivity (Wildman–Crippen MR) is 103 cm³/mol. The summed E-state index contributed by atoms with van der Waals surface area (Å²) in [5.74, 6) is 0.447. The fraction of sp³-hybridized carbons (Fsp3) is 0.300. The number of benzene rings is 2. The molecule has 1 unspecified atom stereocenters. The first-order valence-corrected chi connectivity index (χ1v) is 8.93. The zero-order chi connectivity index (χ0) is 19.4. The van der Waals surface area contributed by atoms with Crippen LogP contribution in [-0.4, -0.2) is 37.5 Å². The van der Waals surface area contributed by atoms with E-state index in [1.54, 1.807) is 36.3 Å². The number of nitrogens with one attached hydrogen (secondary N) is 1. The van der Waals surface area contributed by atoms with E-state index >= 15 is 0 Å². The summed E-state index contributed by atoms with van der Waals surface area (Å²) in [5.41, 5.74) is 1.46. The van der Waals surface area contributed by atoms with E-state index < -0.39 is 5.92 Å². The lowest BCUT2D eigenvalue weighted by molar-refractivity contribution is -0.128. The molecule has 1 N–H and O–H groups in total. The van der Waals surface area contributed by atoms with Crippen LogP contribution in [0.15, 0.2) is 42.5 Å². The molecule has 0 aromatic heterocycles. The first-order chi connectivity index (χ1) is 13.0. The normalized spacial score (nSPS) is 16.3. The van der Waals surface area contributed by atoms with Crippen LogP contribution in [0.3, 0.4) is 0 Å². The van der Waals surface area contributed by atoms with Crippen molar-refractivity contribution >= 4 is 29.1 Å². The predicted octanol–water partition coefficient (Wildman–Crippen LogP) is 3.34. The van der Waals surface area contributed by atoms with E-state index in [1.165, 1.54) is 7.11 Å². The van der Waals surface area contributed by atoms with E-state index in [0.29, 0.717) is 35.3 Å². The van der Waals surface area contributed by atoms with Gasteiger partial charge in [-0.3, -0.25) is 9.59 Å². The summed E-state index contributed by atoms with van der Waals surface area (Å²) in [7, 11) is 3.08. The highest BCUT2D eigenvalue weighted by Gasteiger charge is 2.34. The Morgan fingerprint density at radius 1 is 1.19 bits per heavy atom. The zero-order valence-corrected chi connectivity index (χ0v) is 16.0. The van der Waals surface area contributed by atoms with E-state index in [0.717, 1.165) is 5.56 Å². The minimum atomic E-state index is -0.409. The Balaban J connectivity index is 1.65. The van der Waals surface area contributed by atoms with Crippen LogP contribution < -0.4 is 14.8 Å². The number of ether oxygens (including phenoxy) is 2. The van der Waals surface area contributed by atoms with Gasteiger partial charge in [0.2, 0.25) is 11.8 Å². The number of halogens is 1. The lowest BCUT2D eigenvalue weighted by atomic mass is 10.1. The number of likely N-dealkylation sites (tertiary alicyclic amines) is 1. The lowest BCUT2D eigenvalue weighted by Crippen LogP contribution is -2.28. The highest BCUT2D eigenvalue weighted by Crippen LogP contribution is 2.30. The molecule has 1 aliphatic rings. The molecule has 2 aromatic carbocycles. The molecule has 0 aliphatic carbocycles. The number of hydrogen-bond acceptors (Lipinski definition) is 4. The third-order valence-corrected chi connectivity index (χ3v) is 4.92. The molecule has 1 fully saturated rings. The van der Waals surface area contributed by atoms with Crippen molar-refractivity contribution in [2.24, 2.45) is 5.92 Å². The second-order valence-electron chi connectivity index (χ2n) is 6.33. The molecule has 1 aliphatic heterocycles. The van der Waals surface area contributed by atoms with Crippen LogP contribution in [0.5, 0.6) is 11.5 Å². The maximum Gasteiger partial charge on any atom is 0.229 e. The summed E-state index contributed by atoms with van der Waals surface area (Å²) in [4.78, 5) is 26.6. The summed E-state index contributed by atoms with van der Waals surface area (Å²) in [5, 5.41) is 3.46. The summed E-state index contributed by atoms with van der Waals surface area (Å²) in [6.45, 7) is 0.766. The van der Waals surface area contributed by atoms with Crippen LogP contribution in [-0.2, 0) is 16.1 Å². The zero-order valence-electron chi connectivity index (χ0n) is 15.2. The molecular weight excluding hydrogens is 368 g/mol. The monoisotopic (exact) mass is 388 g/mol. The van der Waals surface area contributed by atoms with E-state index in [4.69, 9.17) is 21.1 Å². The van der Waals surface area contributed by atoms with Crippen molar-refractivity contribution in [1.82, 2.24) is 4.90 Å². The average molecular weight is 389 g/mol. The quantitative estimate of drug-likeness (QED) is 0.824. The third-order valence-electron chi connectivity index (χ3n) is 4.56. The number of methoxy groups -OCH3 is 2. The summed E-state index contributed by atoms with van der Waals surface area (Å²) in [6, 6.07) is 12.5. The van der Waals surface area contributed by atoms with E-state index in [1.807, 2.05) is 18.2 Å². The van der Waals surface area contributed by atoms with Gasteiger partial charge >= 0.3 is 0 Å². The van der Waals surface area contributed by atoms with Gasteiger partial charge in [-0.1, -0.05) is 29.8 Å². The second-order valence-corrected chi connectivity index (χ2v) is 6.73. The SMILES string of the molecule is COc1ccc(NC(=O)C2CC(=O)N(Cc3ccccc3Cl)C2)cc1OC. The molecule has 1 heterocycles. The van der Waals surface area contributed by atoms with Gasteiger partial charge in [0, 0.05) is 36.3 Å². The third kappa shape index (κ3) is 4.34. The van der Waals surface area contributed by atoms with Crippen LogP contribution in [0.1, 0.15) is 12.0 Å². The molecule has 0 spiro atoms. The Bertz CT molecular complexity index is 856. The fourth-order valence-corrected chi connectivity index (χ4v) is 3.29. The van der Waals surface area contributed by atoms with Crippen molar-refractivity contribution in [3.05, 3.63) is 53.1 Å². The number of rotatable bonds is 6. The van der Waals surface area contributed by atoms with Gasteiger partial charge in [0.25, 0.3) is 0 Å². The van der Waals surface area contributed by atoms with Crippen molar-refractivity contribution in [2.45, 2.75) is 13.0 Å². The molecule has 1 atom stereocenters. The van der Waals surface area contributed by atoms with Gasteiger partial charge in [0.05, 0.1) is 20.1 Å². The van der Waals surface area contributed by atoms with Crippen molar-refractivity contribution < 1.29 is 19.1 Å². The van der Waals surface area contributed by atoms with Gasteiger partial charge in [0.15, 0.2) is 11.5 Å². The Labute approximate surface area is 163 Å². The van der Waals surface area contributed by atoms with Crippen molar-refractivity contribution in [2.75, 3.05) is 26.1 Å². The molecule has 0 saturated carbocycles.